The Kier molecular flexibility index (Phi) is 10.3. The van der Waals surface area contributed by atoms with Gasteiger partial charge in [0.25, 0.3) is 0 Å². The first-order valence-corrected chi connectivity index (χ1v) is 10.9. The quantitative estimate of drug-likeness (QED) is 0.308. The van der Waals surface area contributed by atoms with Gasteiger partial charge in [-0.25, -0.2) is 0 Å². The molecule has 0 saturated heterocycles. The first-order chi connectivity index (χ1) is 14.5. The first kappa shape index (κ1) is 24.3. The number of hydrogen-bond acceptors (Lipinski definition) is 5. The van der Waals surface area contributed by atoms with Gasteiger partial charge in [-0.15, -0.1) is 6.58 Å². The van der Waals surface area contributed by atoms with Gasteiger partial charge in [0, 0.05) is 28.1 Å². The second-order valence-corrected chi connectivity index (χ2v) is 7.70. The molecule has 7 heteroatoms. The van der Waals surface area contributed by atoms with Gasteiger partial charge >= 0.3 is 0 Å². The Morgan fingerprint density at radius 2 is 1.87 bits per heavy atom. The molecule has 0 spiro atoms. The smallest absolute Gasteiger partial charge is 0.227 e. The highest BCUT2D eigenvalue weighted by atomic mass is 35.5. The van der Waals surface area contributed by atoms with Gasteiger partial charge in [-0.2, -0.15) is 0 Å². The van der Waals surface area contributed by atoms with Crippen molar-refractivity contribution in [2.24, 2.45) is 0 Å². The molecule has 0 radical (unpaired) electrons. The number of ether oxygens (including phenoxy) is 2. The third-order valence-electron chi connectivity index (χ3n) is 4.42. The van der Waals surface area contributed by atoms with Gasteiger partial charge in [0.05, 0.1) is 13.2 Å². The van der Waals surface area contributed by atoms with E-state index in [-0.39, 0.29) is 23.5 Å². The van der Waals surface area contributed by atoms with Gasteiger partial charge in [-0.05, 0) is 37.8 Å². The van der Waals surface area contributed by atoms with Crippen molar-refractivity contribution in [3.8, 4) is 11.5 Å². The van der Waals surface area contributed by atoms with E-state index in [2.05, 4.69) is 13.5 Å². The molecular weight excluding hydrogens is 427 g/mol. The minimum atomic E-state index is -0.336. The van der Waals surface area contributed by atoms with Crippen LogP contribution in [0, 0.1) is 0 Å². The second kappa shape index (κ2) is 12.7. The lowest BCUT2D eigenvalue weighted by molar-refractivity contribution is 0.229. The zero-order valence-electron chi connectivity index (χ0n) is 17.2. The van der Waals surface area contributed by atoms with Crippen molar-refractivity contribution in [2.75, 3.05) is 13.2 Å². The summed E-state index contributed by atoms with van der Waals surface area (Å²) >= 11 is 12.4. The number of unbranched alkanes of at least 4 members (excludes halogenated alkanes) is 2. The number of benzene rings is 1. The van der Waals surface area contributed by atoms with Crippen molar-refractivity contribution in [3.05, 3.63) is 68.2 Å². The maximum absolute atomic E-state index is 12.2. The van der Waals surface area contributed by atoms with Crippen LogP contribution in [0.15, 0.2) is 40.1 Å². The fourth-order valence-electron chi connectivity index (χ4n) is 3.02. The van der Waals surface area contributed by atoms with Crippen molar-refractivity contribution < 1.29 is 19.0 Å². The normalized spacial score (nSPS) is 10.8. The Bertz CT molecular complexity index is 892. The zero-order chi connectivity index (χ0) is 21.9. The van der Waals surface area contributed by atoms with Crippen LogP contribution in [0.4, 0.5) is 0 Å². The molecule has 0 atom stereocenters. The standard InChI is InChI=1S/C23H28Cl2O5/c1-3-8-18-19(25)12-16(24)13-22(18)28-10-6-5-7-11-29-23-20(27)14-17(15-26)30-21(23)9-4-2/h4,12-14,26H,2-3,5-11,15H2,1H3. The lowest BCUT2D eigenvalue weighted by atomic mass is 10.1. The van der Waals surface area contributed by atoms with Crippen molar-refractivity contribution in [3.63, 3.8) is 0 Å². The minimum absolute atomic E-state index is 0.182. The zero-order valence-corrected chi connectivity index (χ0v) is 18.7. The molecule has 1 N–H and O–H groups in total. The number of hydrogen-bond donors (Lipinski definition) is 1. The topological polar surface area (TPSA) is 68.9 Å². The van der Waals surface area contributed by atoms with Crippen molar-refractivity contribution in [2.45, 2.75) is 52.1 Å². The number of aliphatic hydroxyl groups is 1. The largest absolute Gasteiger partial charge is 0.493 e. The SMILES string of the molecule is C=CCc1oc(CO)cc(=O)c1OCCCCCOc1cc(Cl)cc(Cl)c1CCC. The van der Waals surface area contributed by atoms with Crippen LogP contribution in [0.2, 0.25) is 10.0 Å². The molecule has 1 aromatic heterocycles. The van der Waals surface area contributed by atoms with Crippen LogP contribution < -0.4 is 14.9 Å². The van der Waals surface area contributed by atoms with Gasteiger partial charge < -0.3 is 19.0 Å². The van der Waals surface area contributed by atoms with Gasteiger partial charge in [0.15, 0.2) is 5.76 Å². The average molecular weight is 455 g/mol. The highest BCUT2D eigenvalue weighted by Crippen LogP contribution is 2.32. The van der Waals surface area contributed by atoms with Crippen LogP contribution in [0.1, 0.15) is 49.7 Å². The van der Waals surface area contributed by atoms with Crippen LogP contribution in [-0.2, 0) is 19.4 Å². The predicted octanol–water partition coefficient (Wildman–Crippen LogP) is 5.75. The molecule has 0 saturated carbocycles. The summed E-state index contributed by atoms with van der Waals surface area (Å²) in [4.78, 5) is 12.2. The number of halogens is 2. The minimum Gasteiger partial charge on any atom is -0.493 e. The van der Waals surface area contributed by atoms with E-state index in [0.717, 1.165) is 43.4 Å². The Morgan fingerprint density at radius 1 is 1.13 bits per heavy atom. The molecule has 0 bridgehead atoms. The average Bonchev–Trinajstić information content (AvgIpc) is 2.71. The molecule has 0 aliphatic heterocycles. The van der Waals surface area contributed by atoms with E-state index in [9.17, 15) is 9.90 Å². The predicted molar refractivity (Wildman–Crippen MR) is 120 cm³/mol. The summed E-state index contributed by atoms with van der Waals surface area (Å²) < 4.78 is 17.0. The van der Waals surface area contributed by atoms with Crippen LogP contribution in [0.25, 0.3) is 0 Å². The van der Waals surface area contributed by atoms with Gasteiger partial charge in [0.1, 0.15) is 18.1 Å². The third kappa shape index (κ3) is 7.08. The molecule has 1 aromatic carbocycles. The highest BCUT2D eigenvalue weighted by molar-refractivity contribution is 6.35. The van der Waals surface area contributed by atoms with Crippen LogP contribution in [0.3, 0.4) is 0 Å². The van der Waals surface area contributed by atoms with E-state index in [4.69, 9.17) is 37.1 Å². The molecule has 0 amide bonds. The maximum atomic E-state index is 12.2. The second-order valence-electron chi connectivity index (χ2n) is 6.85. The number of allylic oxidation sites excluding steroid dienone is 1. The molecule has 30 heavy (non-hydrogen) atoms. The Balaban J connectivity index is 1.81. The maximum Gasteiger partial charge on any atom is 0.227 e. The monoisotopic (exact) mass is 454 g/mol. The van der Waals surface area contributed by atoms with Gasteiger partial charge in [-0.3, -0.25) is 4.79 Å². The number of rotatable bonds is 13. The first-order valence-electron chi connectivity index (χ1n) is 10.1. The molecule has 2 aromatic rings. The highest BCUT2D eigenvalue weighted by Gasteiger charge is 2.13. The molecule has 0 aliphatic carbocycles. The molecule has 0 aliphatic rings. The van der Waals surface area contributed by atoms with Gasteiger partial charge in [-0.1, -0.05) is 42.6 Å². The Morgan fingerprint density at radius 3 is 2.53 bits per heavy atom. The Labute approximate surface area is 187 Å². The van der Waals surface area contributed by atoms with E-state index >= 15 is 0 Å². The summed E-state index contributed by atoms with van der Waals surface area (Å²) in [5.74, 6) is 1.51. The fraction of sp³-hybridized carbons (Fsp3) is 0.435. The lowest BCUT2D eigenvalue weighted by Crippen LogP contribution is -2.12. The van der Waals surface area contributed by atoms with Crippen molar-refractivity contribution in [1.29, 1.82) is 0 Å². The number of aliphatic hydroxyl groups excluding tert-OH is 1. The Hall–Kier alpha value is -1.95. The molecule has 2 rings (SSSR count). The van der Waals surface area contributed by atoms with E-state index in [1.807, 2.05) is 0 Å². The van der Waals surface area contributed by atoms with E-state index in [0.29, 0.717) is 35.4 Å². The molecular formula is C23H28Cl2O5. The summed E-state index contributed by atoms with van der Waals surface area (Å²) in [5.41, 5.74) is 0.687. The molecule has 0 fully saturated rings. The van der Waals surface area contributed by atoms with Crippen LogP contribution in [-0.4, -0.2) is 18.3 Å². The van der Waals surface area contributed by atoms with Crippen molar-refractivity contribution in [1.82, 2.24) is 0 Å². The summed E-state index contributed by atoms with van der Waals surface area (Å²) in [5, 5.41) is 10.4. The van der Waals surface area contributed by atoms with E-state index < -0.39 is 0 Å². The van der Waals surface area contributed by atoms with Gasteiger partial charge in [0.2, 0.25) is 11.2 Å². The van der Waals surface area contributed by atoms with E-state index in [1.54, 1.807) is 18.2 Å². The van der Waals surface area contributed by atoms with Crippen LogP contribution >= 0.6 is 23.2 Å². The lowest BCUT2D eigenvalue weighted by Gasteiger charge is -2.13. The summed E-state index contributed by atoms with van der Waals surface area (Å²) in [6.45, 7) is 6.34. The van der Waals surface area contributed by atoms with Crippen LogP contribution in [0.5, 0.6) is 11.5 Å². The molecule has 5 nitrogen and oxygen atoms in total. The summed E-state index contributed by atoms with van der Waals surface area (Å²) in [6, 6.07) is 4.79. The fourth-order valence-corrected chi connectivity index (χ4v) is 3.59. The molecule has 0 unspecified atom stereocenters. The molecule has 164 valence electrons. The van der Waals surface area contributed by atoms with Crippen molar-refractivity contribution >= 4 is 23.2 Å². The third-order valence-corrected chi connectivity index (χ3v) is 4.98. The summed E-state index contributed by atoms with van der Waals surface area (Å²) in [6.07, 6.45) is 6.24. The molecule has 1 heterocycles. The van der Waals surface area contributed by atoms with E-state index in [1.165, 1.54) is 6.07 Å². The summed E-state index contributed by atoms with van der Waals surface area (Å²) in [7, 11) is 0.